The van der Waals surface area contributed by atoms with Gasteiger partial charge in [-0.1, -0.05) is 32.3 Å². The topological polar surface area (TPSA) is 110 Å². The van der Waals surface area contributed by atoms with Gasteiger partial charge in [0.25, 0.3) is 5.91 Å². The average molecular weight is 344 g/mol. The lowest BCUT2D eigenvalue weighted by molar-refractivity contribution is -0.139. The number of amides is 3. The number of fused-ring (bicyclic) bond motifs is 1. The Morgan fingerprint density at radius 1 is 1.24 bits per heavy atom. The molecule has 2 aliphatic rings. The zero-order valence-corrected chi connectivity index (χ0v) is 14.4. The lowest BCUT2D eigenvalue weighted by Crippen LogP contribution is -2.47. The minimum Gasteiger partial charge on any atom is -0.366 e. The van der Waals surface area contributed by atoms with E-state index < -0.39 is 11.9 Å². The Bertz CT molecular complexity index is 712. The molecule has 3 amide bonds. The SMILES string of the molecule is CCC(=O)N(N)C1C(=O)N(C2CCCCC2)c2cccc(C(N)=O)c21. The third kappa shape index (κ3) is 2.89. The summed E-state index contributed by atoms with van der Waals surface area (Å²) in [6, 6.07) is 4.17. The van der Waals surface area contributed by atoms with Gasteiger partial charge in [-0.15, -0.1) is 0 Å². The summed E-state index contributed by atoms with van der Waals surface area (Å²) in [5, 5.41) is 0.955. The van der Waals surface area contributed by atoms with Gasteiger partial charge in [0.05, 0.1) is 5.69 Å². The van der Waals surface area contributed by atoms with Crippen LogP contribution >= 0.6 is 0 Å². The maximum absolute atomic E-state index is 13.2. The molecule has 0 spiro atoms. The third-order valence-corrected chi connectivity index (χ3v) is 5.16. The molecule has 1 aliphatic heterocycles. The van der Waals surface area contributed by atoms with Crippen molar-refractivity contribution in [2.24, 2.45) is 11.6 Å². The van der Waals surface area contributed by atoms with Crippen LogP contribution in [0, 0.1) is 0 Å². The molecule has 1 aromatic rings. The van der Waals surface area contributed by atoms with Crippen molar-refractivity contribution >= 4 is 23.4 Å². The predicted octanol–water partition coefficient (Wildman–Crippen LogP) is 1.62. The minimum absolute atomic E-state index is 0.0678. The van der Waals surface area contributed by atoms with Gasteiger partial charge in [-0.3, -0.25) is 19.4 Å². The van der Waals surface area contributed by atoms with Crippen LogP contribution in [0.25, 0.3) is 0 Å². The summed E-state index contributed by atoms with van der Waals surface area (Å²) < 4.78 is 0. The van der Waals surface area contributed by atoms with Crippen molar-refractivity contribution in [1.29, 1.82) is 0 Å². The van der Waals surface area contributed by atoms with Gasteiger partial charge in [0.2, 0.25) is 11.8 Å². The van der Waals surface area contributed by atoms with E-state index in [1.807, 2.05) is 0 Å². The summed E-state index contributed by atoms with van der Waals surface area (Å²) in [6.45, 7) is 1.68. The number of primary amides is 1. The molecule has 25 heavy (non-hydrogen) atoms. The summed E-state index contributed by atoms with van der Waals surface area (Å²) in [6.07, 6.45) is 5.27. The summed E-state index contributed by atoms with van der Waals surface area (Å²) in [4.78, 5) is 39.0. The van der Waals surface area contributed by atoms with Crippen LogP contribution in [0.5, 0.6) is 0 Å². The molecule has 0 saturated heterocycles. The molecule has 1 fully saturated rings. The number of hydrazine groups is 1. The molecule has 4 N–H and O–H groups in total. The highest BCUT2D eigenvalue weighted by Crippen LogP contribution is 2.43. The van der Waals surface area contributed by atoms with Crippen molar-refractivity contribution in [3.63, 3.8) is 0 Å². The predicted molar refractivity (Wildman–Crippen MR) is 93.4 cm³/mol. The number of hydrogen-bond donors (Lipinski definition) is 2. The average Bonchev–Trinajstić information content (AvgIpc) is 2.92. The molecule has 1 aliphatic carbocycles. The van der Waals surface area contributed by atoms with Crippen LogP contribution in [0.3, 0.4) is 0 Å². The van der Waals surface area contributed by atoms with E-state index in [1.54, 1.807) is 30.0 Å². The molecular formula is C18H24N4O3. The molecule has 1 unspecified atom stereocenters. The zero-order valence-electron chi connectivity index (χ0n) is 14.4. The second-order valence-corrected chi connectivity index (χ2v) is 6.66. The zero-order chi connectivity index (χ0) is 18.1. The summed E-state index contributed by atoms with van der Waals surface area (Å²) in [5.74, 6) is 4.75. The van der Waals surface area contributed by atoms with Crippen molar-refractivity contribution in [3.05, 3.63) is 29.3 Å². The Kier molecular flexibility index (Phi) is 4.76. The molecule has 7 heteroatoms. The Labute approximate surface area is 146 Å². The van der Waals surface area contributed by atoms with Gasteiger partial charge < -0.3 is 10.6 Å². The smallest absolute Gasteiger partial charge is 0.256 e. The maximum Gasteiger partial charge on any atom is 0.256 e. The molecule has 1 heterocycles. The van der Waals surface area contributed by atoms with Gasteiger partial charge in [0.15, 0.2) is 6.04 Å². The largest absolute Gasteiger partial charge is 0.366 e. The van der Waals surface area contributed by atoms with Gasteiger partial charge >= 0.3 is 0 Å². The first-order valence-corrected chi connectivity index (χ1v) is 8.79. The fraction of sp³-hybridized carbons (Fsp3) is 0.500. The Morgan fingerprint density at radius 3 is 2.52 bits per heavy atom. The van der Waals surface area contributed by atoms with Crippen LogP contribution in [-0.4, -0.2) is 28.8 Å². The van der Waals surface area contributed by atoms with Gasteiger partial charge in [0, 0.05) is 23.6 Å². The van der Waals surface area contributed by atoms with Gasteiger partial charge in [-0.25, -0.2) is 5.84 Å². The Morgan fingerprint density at radius 2 is 1.92 bits per heavy atom. The van der Waals surface area contributed by atoms with E-state index in [9.17, 15) is 14.4 Å². The van der Waals surface area contributed by atoms with E-state index in [0.29, 0.717) is 11.3 Å². The number of hydrogen-bond acceptors (Lipinski definition) is 4. The number of nitrogens with zero attached hydrogens (tertiary/aromatic N) is 2. The number of carbonyl (C=O) groups is 3. The Hall–Kier alpha value is -2.41. The van der Waals surface area contributed by atoms with Gasteiger partial charge in [-0.05, 0) is 25.0 Å². The fourth-order valence-electron chi connectivity index (χ4n) is 3.94. The second-order valence-electron chi connectivity index (χ2n) is 6.66. The van der Waals surface area contributed by atoms with Crippen LogP contribution in [0.2, 0.25) is 0 Å². The molecule has 7 nitrogen and oxygen atoms in total. The van der Waals surface area contributed by atoms with Crippen LogP contribution in [0.4, 0.5) is 5.69 Å². The number of anilines is 1. The van der Waals surface area contributed by atoms with Crippen LogP contribution in [-0.2, 0) is 9.59 Å². The summed E-state index contributed by atoms with van der Waals surface area (Å²) >= 11 is 0. The van der Waals surface area contributed by atoms with E-state index >= 15 is 0 Å². The molecule has 0 radical (unpaired) electrons. The van der Waals surface area contributed by atoms with Gasteiger partial charge in [0.1, 0.15) is 0 Å². The van der Waals surface area contributed by atoms with E-state index in [4.69, 9.17) is 11.6 Å². The van der Waals surface area contributed by atoms with Crippen molar-refractivity contribution < 1.29 is 14.4 Å². The van der Waals surface area contributed by atoms with E-state index in [0.717, 1.165) is 37.1 Å². The monoisotopic (exact) mass is 344 g/mol. The molecule has 1 aromatic carbocycles. The molecule has 1 saturated carbocycles. The summed E-state index contributed by atoms with van der Waals surface area (Å²) in [5.41, 5.74) is 6.86. The van der Waals surface area contributed by atoms with Crippen LogP contribution in [0.15, 0.2) is 18.2 Å². The molecule has 1 atom stereocenters. The molecule has 0 bridgehead atoms. The van der Waals surface area contributed by atoms with E-state index in [-0.39, 0.29) is 29.8 Å². The number of rotatable bonds is 4. The number of nitrogens with two attached hydrogens (primary N) is 2. The molecule has 3 rings (SSSR count). The first kappa shape index (κ1) is 17.4. The minimum atomic E-state index is -0.993. The molecule has 134 valence electrons. The normalized spacial score (nSPS) is 20.5. The highest BCUT2D eigenvalue weighted by molar-refractivity contribution is 6.10. The lowest BCUT2D eigenvalue weighted by atomic mass is 9.94. The van der Waals surface area contributed by atoms with Gasteiger partial charge in [-0.2, -0.15) is 0 Å². The van der Waals surface area contributed by atoms with Crippen molar-refractivity contribution in [2.75, 3.05) is 4.90 Å². The first-order chi connectivity index (χ1) is 12.0. The van der Waals surface area contributed by atoms with E-state index in [1.165, 1.54) is 0 Å². The number of carbonyl (C=O) groups excluding carboxylic acids is 3. The quantitative estimate of drug-likeness (QED) is 0.491. The van der Waals surface area contributed by atoms with Crippen molar-refractivity contribution in [2.45, 2.75) is 57.5 Å². The standard InChI is InChI=1S/C18H24N4O3/c1-2-14(23)22(20)16-15-12(17(19)24)9-6-10-13(15)21(18(16)25)11-7-4-3-5-8-11/h6,9-11,16H,2-5,7-8,20H2,1H3,(H2,19,24). The van der Waals surface area contributed by atoms with E-state index in [2.05, 4.69) is 0 Å². The van der Waals surface area contributed by atoms with Crippen LogP contribution in [0.1, 0.15) is 67.4 Å². The maximum atomic E-state index is 13.2. The third-order valence-electron chi connectivity index (χ3n) is 5.16. The summed E-state index contributed by atoms with van der Waals surface area (Å²) in [7, 11) is 0. The van der Waals surface area contributed by atoms with Crippen LogP contribution < -0.4 is 16.5 Å². The molecule has 0 aromatic heterocycles. The second kappa shape index (κ2) is 6.84. The highest BCUT2D eigenvalue weighted by Gasteiger charge is 2.46. The highest BCUT2D eigenvalue weighted by atomic mass is 16.2. The van der Waals surface area contributed by atoms with Crippen molar-refractivity contribution in [1.82, 2.24) is 5.01 Å². The molecular weight excluding hydrogens is 320 g/mol. The lowest BCUT2D eigenvalue weighted by Gasteiger charge is -2.32. The first-order valence-electron chi connectivity index (χ1n) is 8.79. The fourth-order valence-corrected chi connectivity index (χ4v) is 3.94. The van der Waals surface area contributed by atoms with Crippen molar-refractivity contribution in [3.8, 4) is 0 Å². The number of benzene rings is 1. The Balaban J connectivity index is 2.11.